The first-order valence-corrected chi connectivity index (χ1v) is 12.0. The molecule has 0 radical (unpaired) electrons. The third-order valence-corrected chi connectivity index (χ3v) is 6.62. The maximum Gasteiger partial charge on any atom is 0.253 e. The fourth-order valence-corrected chi connectivity index (χ4v) is 4.74. The summed E-state index contributed by atoms with van der Waals surface area (Å²) in [7, 11) is 0. The Morgan fingerprint density at radius 3 is 1.91 bits per heavy atom. The number of rotatable bonds is 4. The first kappa shape index (κ1) is 21.4. The van der Waals surface area contributed by atoms with Crippen molar-refractivity contribution in [2.75, 3.05) is 49.1 Å². The van der Waals surface area contributed by atoms with Gasteiger partial charge in [0.15, 0.2) is 0 Å². The van der Waals surface area contributed by atoms with Gasteiger partial charge in [-0.2, -0.15) is 0 Å². The molecule has 170 valence electrons. The maximum atomic E-state index is 13.1. The number of carbonyl (C=O) groups excluding carboxylic acids is 1. The van der Waals surface area contributed by atoms with Crippen molar-refractivity contribution < 1.29 is 4.79 Å². The summed E-state index contributed by atoms with van der Waals surface area (Å²) in [6.07, 6.45) is 3.76. The molecule has 2 aliphatic rings. The minimum absolute atomic E-state index is 0.0992. The summed E-state index contributed by atoms with van der Waals surface area (Å²) in [4.78, 5) is 29.1. The Balaban J connectivity index is 1.23. The van der Waals surface area contributed by atoms with Gasteiger partial charge < -0.3 is 14.7 Å². The van der Waals surface area contributed by atoms with Gasteiger partial charge in [0.05, 0.1) is 0 Å². The Kier molecular flexibility index (Phi) is 6.24. The highest BCUT2D eigenvalue weighted by Gasteiger charge is 2.24. The SMILES string of the molecule is Cc1nc(N2CCCCC2)cc(N2CCN(C(=O)c3ccc(-c4ccccc4)cc3)CC2)n1. The summed E-state index contributed by atoms with van der Waals surface area (Å²) in [6.45, 7) is 7.06. The van der Waals surface area contributed by atoms with Crippen molar-refractivity contribution in [3.63, 3.8) is 0 Å². The standard InChI is InChI=1S/C27H31N5O/c1-21-28-25(30-14-6-3-7-15-30)20-26(29-21)31-16-18-32(19-17-31)27(33)24-12-10-23(11-13-24)22-8-4-2-5-9-22/h2,4-5,8-13,20H,3,6-7,14-19H2,1H3. The fourth-order valence-electron chi connectivity index (χ4n) is 4.74. The number of anilines is 2. The monoisotopic (exact) mass is 441 g/mol. The highest BCUT2D eigenvalue weighted by atomic mass is 16.2. The molecule has 6 nitrogen and oxygen atoms in total. The van der Waals surface area contributed by atoms with E-state index in [0.29, 0.717) is 13.1 Å². The average Bonchev–Trinajstić information content (AvgIpc) is 2.89. The van der Waals surface area contributed by atoms with E-state index >= 15 is 0 Å². The Morgan fingerprint density at radius 1 is 0.697 bits per heavy atom. The molecule has 33 heavy (non-hydrogen) atoms. The third kappa shape index (κ3) is 4.85. The Labute approximate surface area is 195 Å². The maximum absolute atomic E-state index is 13.1. The zero-order chi connectivity index (χ0) is 22.6. The van der Waals surface area contributed by atoms with Gasteiger partial charge in [0, 0.05) is 50.9 Å². The van der Waals surface area contributed by atoms with E-state index in [4.69, 9.17) is 4.98 Å². The average molecular weight is 442 g/mol. The summed E-state index contributed by atoms with van der Waals surface area (Å²) in [5.74, 6) is 2.92. The molecule has 2 aliphatic heterocycles. The minimum atomic E-state index is 0.0992. The first-order chi connectivity index (χ1) is 16.2. The van der Waals surface area contributed by atoms with Gasteiger partial charge in [-0.25, -0.2) is 9.97 Å². The highest BCUT2D eigenvalue weighted by Crippen LogP contribution is 2.24. The number of nitrogens with zero attached hydrogens (tertiary/aromatic N) is 5. The topological polar surface area (TPSA) is 52.6 Å². The number of piperazine rings is 1. The van der Waals surface area contributed by atoms with Crippen LogP contribution >= 0.6 is 0 Å². The number of piperidine rings is 1. The molecule has 0 unspecified atom stereocenters. The Bertz CT molecular complexity index is 1090. The molecule has 3 heterocycles. The van der Waals surface area contributed by atoms with Crippen molar-refractivity contribution in [3.8, 4) is 11.1 Å². The zero-order valence-corrected chi connectivity index (χ0v) is 19.3. The van der Waals surface area contributed by atoms with Crippen LogP contribution in [0, 0.1) is 6.92 Å². The second-order valence-electron chi connectivity index (χ2n) is 8.90. The molecule has 3 aromatic rings. The van der Waals surface area contributed by atoms with Crippen LogP contribution in [0.1, 0.15) is 35.4 Å². The Morgan fingerprint density at radius 2 is 1.27 bits per heavy atom. The van der Waals surface area contributed by atoms with Crippen molar-refractivity contribution in [1.82, 2.24) is 14.9 Å². The van der Waals surface area contributed by atoms with Crippen LogP contribution in [-0.2, 0) is 0 Å². The second kappa shape index (κ2) is 9.61. The molecule has 0 atom stereocenters. The van der Waals surface area contributed by atoms with Crippen LogP contribution in [0.15, 0.2) is 60.7 Å². The molecular formula is C27H31N5O. The van der Waals surface area contributed by atoms with Crippen molar-refractivity contribution in [2.24, 2.45) is 0 Å². The number of amides is 1. The van der Waals surface area contributed by atoms with Gasteiger partial charge >= 0.3 is 0 Å². The summed E-state index contributed by atoms with van der Waals surface area (Å²) in [6, 6.07) is 20.3. The summed E-state index contributed by atoms with van der Waals surface area (Å²) < 4.78 is 0. The molecular weight excluding hydrogens is 410 g/mol. The summed E-state index contributed by atoms with van der Waals surface area (Å²) in [5.41, 5.74) is 3.03. The molecule has 0 bridgehead atoms. The van der Waals surface area contributed by atoms with Gasteiger partial charge in [-0.15, -0.1) is 0 Å². The quantitative estimate of drug-likeness (QED) is 0.601. The number of carbonyl (C=O) groups is 1. The van der Waals surface area contributed by atoms with Gasteiger partial charge in [-0.3, -0.25) is 4.79 Å². The zero-order valence-electron chi connectivity index (χ0n) is 19.3. The lowest BCUT2D eigenvalue weighted by Gasteiger charge is -2.36. The van der Waals surface area contributed by atoms with E-state index in [2.05, 4.69) is 33.0 Å². The van der Waals surface area contributed by atoms with E-state index in [1.807, 2.05) is 54.3 Å². The lowest BCUT2D eigenvalue weighted by molar-refractivity contribution is 0.0746. The highest BCUT2D eigenvalue weighted by molar-refractivity contribution is 5.95. The fraction of sp³-hybridized carbons (Fsp3) is 0.370. The van der Waals surface area contributed by atoms with E-state index in [9.17, 15) is 4.79 Å². The van der Waals surface area contributed by atoms with Gasteiger partial charge in [0.25, 0.3) is 5.91 Å². The Hall–Kier alpha value is -3.41. The van der Waals surface area contributed by atoms with E-state index < -0.39 is 0 Å². The van der Waals surface area contributed by atoms with Crippen LogP contribution < -0.4 is 9.80 Å². The van der Waals surface area contributed by atoms with Crippen LogP contribution in [0.4, 0.5) is 11.6 Å². The van der Waals surface area contributed by atoms with Gasteiger partial charge in [-0.05, 0) is 49.4 Å². The second-order valence-corrected chi connectivity index (χ2v) is 8.90. The van der Waals surface area contributed by atoms with Crippen LogP contribution in [0.2, 0.25) is 0 Å². The van der Waals surface area contributed by atoms with Crippen LogP contribution in [-0.4, -0.2) is 60.0 Å². The molecule has 5 rings (SSSR count). The number of aromatic nitrogens is 2. The molecule has 1 aromatic heterocycles. The number of aryl methyl sites for hydroxylation is 1. The molecule has 0 N–H and O–H groups in total. The number of benzene rings is 2. The minimum Gasteiger partial charge on any atom is -0.356 e. The number of hydrogen-bond acceptors (Lipinski definition) is 5. The first-order valence-electron chi connectivity index (χ1n) is 12.0. The largest absolute Gasteiger partial charge is 0.356 e. The van der Waals surface area contributed by atoms with E-state index in [0.717, 1.165) is 60.3 Å². The predicted molar refractivity (Wildman–Crippen MR) is 133 cm³/mol. The smallest absolute Gasteiger partial charge is 0.253 e. The summed E-state index contributed by atoms with van der Waals surface area (Å²) in [5, 5.41) is 0. The molecule has 0 saturated carbocycles. The van der Waals surface area contributed by atoms with Crippen molar-refractivity contribution >= 4 is 17.5 Å². The van der Waals surface area contributed by atoms with Gasteiger partial charge in [0.1, 0.15) is 17.5 Å². The molecule has 0 spiro atoms. The van der Waals surface area contributed by atoms with Gasteiger partial charge in [-0.1, -0.05) is 42.5 Å². The van der Waals surface area contributed by atoms with Crippen molar-refractivity contribution in [3.05, 3.63) is 72.1 Å². The van der Waals surface area contributed by atoms with Crippen molar-refractivity contribution in [1.29, 1.82) is 0 Å². The van der Waals surface area contributed by atoms with Gasteiger partial charge in [0.2, 0.25) is 0 Å². The lowest BCUT2D eigenvalue weighted by Crippen LogP contribution is -2.49. The summed E-state index contributed by atoms with van der Waals surface area (Å²) >= 11 is 0. The van der Waals surface area contributed by atoms with E-state index in [1.54, 1.807) is 0 Å². The van der Waals surface area contributed by atoms with Crippen LogP contribution in [0.3, 0.4) is 0 Å². The lowest BCUT2D eigenvalue weighted by atomic mass is 10.0. The molecule has 2 aromatic carbocycles. The molecule has 6 heteroatoms. The molecule has 2 fully saturated rings. The van der Waals surface area contributed by atoms with Crippen molar-refractivity contribution in [2.45, 2.75) is 26.2 Å². The van der Waals surface area contributed by atoms with E-state index in [1.165, 1.54) is 19.3 Å². The number of hydrogen-bond donors (Lipinski definition) is 0. The molecule has 1 amide bonds. The molecule has 2 saturated heterocycles. The third-order valence-electron chi connectivity index (χ3n) is 6.62. The predicted octanol–water partition coefficient (Wildman–Crippen LogP) is 4.40. The van der Waals surface area contributed by atoms with E-state index in [-0.39, 0.29) is 5.91 Å². The molecule has 0 aliphatic carbocycles. The normalized spacial score (nSPS) is 16.7. The van der Waals surface area contributed by atoms with Crippen LogP contribution in [0.5, 0.6) is 0 Å². The van der Waals surface area contributed by atoms with Crippen LogP contribution in [0.25, 0.3) is 11.1 Å².